The molecule has 0 unspecified atom stereocenters. The number of fused-ring (bicyclic) bond motifs is 5. The van der Waals surface area contributed by atoms with E-state index >= 15 is 0 Å². The Hall–Kier alpha value is -1.55. The van der Waals surface area contributed by atoms with Gasteiger partial charge in [-0.25, -0.2) is 4.79 Å². The van der Waals surface area contributed by atoms with E-state index in [1.807, 2.05) is 0 Å². The van der Waals surface area contributed by atoms with E-state index in [4.69, 9.17) is 21.1 Å². The third-order valence-corrected chi connectivity index (χ3v) is 10.5. The average molecular weight is 487 g/mol. The molecule has 34 heavy (non-hydrogen) atoms. The lowest BCUT2D eigenvalue weighted by Gasteiger charge is -2.60. The summed E-state index contributed by atoms with van der Waals surface area (Å²) in [6.45, 7) is 8.29. The SMILES string of the molecule is CC(C)(Oc1ccc(Cl)cc1)C(=O)O[C@H]1CC[C@@]2(C)[C@@H](CC[C@@H]3[C@@H]2CC[C@]2(C)C(=O)CC[C@@H]32)C1. The van der Waals surface area contributed by atoms with Gasteiger partial charge in [0.25, 0.3) is 0 Å². The Labute approximate surface area is 209 Å². The van der Waals surface area contributed by atoms with Crippen LogP contribution in [-0.4, -0.2) is 23.5 Å². The number of rotatable bonds is 4. The van der Waals surface area contributed by atoms with E-state index in [-0.39, 0.29) is 17.5 Å². The van der Waals surface area contributed by atoms with Crippen LogP contribution >= 0.6 is 11.6 Å². The lowest BCUT2D eigenvalue weighted by atomic mass is 9.45. The van der Waals surface area contributed by atoms with Crippen LogP contribution in [0.15, 0.2) is 24.3 Å². The summed E-state index contributed by atoms with van der Waals surface area (Å²) in [5.41, 5.74) is -0.823. The molecule has 0 radical (unpaired) electrons. The first kappa shape index (κ1) is 24.2. The Morgan fingerprint density at radius 2 is 1.74 bits per heavy atom. The van der Waals surface area contributed by atoms with Gasteiger partial charge in [-0.15, -0.1) is 0 Å². The maximum atomic E-state index is 13.1. The number of halogens is 1. The van der Waals surface area contributed by atoms with Crippen LogP contribution in [-0.2, 0) is 14.3 Å². The third-order valence-electron chi connectivity index (χ3n) is 10.3. The summed E-state index contributed by atoms with van der Waals surface area (Å²) >= 11 is 5.96. The van der Waals surface area contributed by atoms with E-state index in [2.05, 4.69) is 13.8 Å². The van der Waals surface area contributed by atoms with Crippen LogP contribution in [0.25, 0.3) is 0 Å². The molecule has 0 saturated heterocycles. The van der Waals surface area contributed by atoms with Crippen LogP contribution in [0.2, 0.25) is 5.02 Å². The predicted octanol–water partition coefficient (Wildman–Crippen LogP) is 7.02. The van der Waals surface area contributed by atoms with Crippen molar-refractivity contribution in [3.8, 4) is 5.75 Å². The highest BCUT2D eigenvalue weighted by molar-refractivity contribution is 6.30. The lowest BCUT2D eigenvalue weighted by Crippen LogP contribution is -2.54. The van der Waals surface area contributed by atoms with Crippen LogP contribution in [0.4, 0.5) is 0 Å². The van der Waals surface area contributed by atoms with E-state index in [0.29, 0.717) is 45.6 Å². The standard InChI is InChI=1S/C29H39ClO4/c1-27(2,34-20-8-6-19(30)7-9-20)26(32)33-21-13-15-28(3)18(17-21)5-10-22-23-11-12-25(31)29(23,4)16-14-24(22)28/h6-9,18,21-24H,5,10-17H2,1-4H3/t18-,21-,22-,23-,24-,28-,29-/m0/s1. The fourth-order valence-electron chi connectivity index (χ4n) is 8.23. The molecule has 4 nitrogen and oxygen atoms in total. The van der Waals surface area contributed by atoms with Crippen molar-refractivity contribution in [1.82, 2.24) is 0 Å². The molecule has 4 aliphatic rings. The minimum absolute atomic E-state index is 0.0443. The summed E-state index contributed by atoms with van der Waals surface area (Å²) in [7, 11) is 0. The number of Topliss-reactive ketones (excluding diaryl/α,β-unsaturated/α-hetero) is 1. The zero-order valence-electron chi connectivity index (χ0n) is 21.1. The zero-order chi connectivity index (χ0) is 24.3. The number of ketones is 1. The van der Waals surface area contributed by atoms with Crippen molar-refractivity contribution in [3.05, 3.63) is 29.3 Å². The minimum atomic E-state index is -1.06. The number of benzene rings is 1. The summed E-state index contributed by atoms with van der Waals surface area (Å²) in [5.74, 6) is 3.38. The van der Waals surface area contributed by atoms with Crippen molar-refractivity contribution in [3.63, 3.8) is 0 Å². The van der Waals surface area contributed by atoms with E-state index in [1.165, 1.54) is 19.3 Å². The normalized spacial score (nSPS) is 39.6. The second-order valence-electron chi connectivity index (χ2n) is 12.4. The van der Waals surface area contributed by atoms with E-state index in [9.17, 15) is 9.59 Å². The maximum Gasteiger partial charge on any atom is 0.350 e. The topological polar surface area (TPSA) is 52.6 Å². The maximum absolute atomic E-state index is 13.1. The van der Waals surface area contributed by atoms with Gasteiger partial charge in [-0.1, -0.05) is 25.4 Å². The molecule has 0 aliphatic heterocycles. The van der Waals surface area contributed by atoms with Gasteiger partial charge in [0.1, 0.15) is 17.6 Å². The molecule has 5 rings (SSSR count). The third kappa shape index (κ3) is 3.98. The van der Waals surface area contributed by atoms with E-state index < -0.39 is 5.60 Å². The van der Waals surface area contributed by atoms with Crippen molar-refractivity contribution < 1.29 is 19.1 Å². The second-order valence-corrected chi connectivity index (χ2v) is 12.9. The molecule has 5 heteroatoms. The molecule has 1 aromatic carbocycles. The number of carbonyl (C=O) groups excluding carboxylic acids is 2. The zero-order valence-corrected chi connectivity index (χ0v) is 21.8. The van der Waals surface area contributed by atoms with Crippen LogP contribution in [0.1, 0.15) is 85.5 Å². The molecule has 4 fully saturated rings. The first-order valence-electron chi connectivity index (χ1n) is 13.2. The predicted molar refractivity (Wildman–Crippen MR) is 133 cm³/mol. The number of ether oxygens (including phenoxy) is 2. The fourth-order valence-corrected chi connectivity index (χ4v) is 8.36. The summed E-state index contributed by atoms with van der Waals surface area (Å²) < 4.78 is 12.0. The van der Waals surface area contributed by atoms with Crippen molar-refractivity contribution >= 4 is 23.4 Å². The van der Waals surface area contributed by atoms with Gasteiger partial charge in [-0.3, -0.25) is 4.79 Å². The fraction of sp³-hybridized carbons (Fsp3) is 0.724. The monoisotopic (exact) mass is 486 g/mol. The van der Waals surface area contributed by atoms with Gasteiger partial charge < -0.3 is 9.47 Å². The molecule has 0 amide bonds. The first-order chi connectivity index (χ1) is 16.0. The smallest absolute Gasteiger partial charge is 0.350 e. The van der Waals surface area contributed by atoms with Gasteiger partial charge >= 0.3 is 5.97 Å². The number of hydrogen-bond acceptors (Lipinski definition) is 4. The summed E-state index contributed by atoms with van der Waals surface area (Å²) in [6.07, 6.45) is 9.47. The van der Waals surface area contributed by atoms with E-state index in [1.54, 1.807) is 38.1 Å². The van der Waals surface area contributed by atoms with Crippen molar-refractivity contribution in [2.75, 3.05) is 0 Å². The Morgan fingerprint density at radius 3 is 2.47 bits per heavy atom. The van der Waals surface area contributed by atoms with Crippen LogP contribution in [0.3, 0.4) is 0 Å². The molecule has 4 saturated carbocycles. The summed E-state index contributed by atoms with van der Waals surface area (Å²) in [4.78, 5) is 25.7. The summed E-state index contributed by atoms with van der Waals surface area (Å²) in [5, 5.41) is 0.634. The van der Waals surface area contributed by atoms with Gasteiger partial charge in [-0.2, -0.15) is 0 Å². The first-order valence-corrected chi connectivity index (χ1v) is 13.6. The van der Waals surface area contributed by atoms with Crippen molar-refractivity contribution in [2.24, 2.45) is 34.5 Å². The quantitative estimate of drug-likeness (QED) is 0.429. The molecule has 0 heterocycles. The Morgan fingerprint density at radius 1 is 1.00 bits per heavy atom. The molecule has 1 aromatic rings. The largest absolute Gasteiger partial charge is 0.476 e. The second kappa shape index (κ2) is 8.54. The molecular formula is C29H39ClO4. The Balaban J connectivity index is 1.23. The lowest BCUT2D eigenvalue weighted by molar-refractivity contribution is -0.175. The molecule has 7 atom stereocenters. The molecule has 0 N–H and O–H groups in total. The van der Waals surface area contributed by atoms with Gasteiger partial charge in [0.15, 0.2) is 5.60 Å². The number of esters is 1. The van der Waals surface area contributed by atoms with Gasteiger partial charge in [-0.05, 0) is 119 Å². The highest BCUT2D eigenvalue weighted by Gasteiger charge is 2.60. The van der Waals surface area contributed by atoms with E-state index in [0.717, 1.165) is 38.5 Å². The summed E-state index contributed by atoms with van der Waals surface area (Å²) in [6, 6.07) is 7.06. The average Bonchev–Trinajstić information content (AvgIpc) is 3.10. The Bertz CT molecular complexity index is 955. The molecule has 4 aliphatic carbocycles. The van der Waals surface area contributed by atoms with Gasteiger partial charge in [0.05, 0.1) is 0 Å². The van der Waals surface area contributed by atoms with Crippen molar-refractivity contribution in [2.45, 2.75) is 97.2 Å². The van der Waals surface area contributed by atoms with Crippen LogP contribution in [0.5, 0.6) is 5.75 Å². The molecule has 186 valence electrons. The number of hydrogen-bond donors (Lipinski definition) is 0. The van der Waals surface area contributed by atoms with Crippen LogP contribution in [0, 0.1) is 34.5 Å². The highest BCUT2D eigenvalue weighted by Crippen LogP contribution is 2.65. The van der Waals surface area contributed by atoms with Crippen LogP contribution < -0.4 is 4.74 Å². The highest BCUT2D eigenvalue weighted by atomic mass is 35.5. The molecule has 0 bridgehead atoms. The van der Waals surface area contributed by atoms with Gasteiger partial charge in [0.2, 0.25) is 0 Å². The van der Waals surface area contributed by atoms with Crippen molar-refractivity contribution in [1.29, 1.82) is 0 Å². The minimum Gasteiger partial charge on any atom is -0.476 e. The molecule has 0 spiro atoms. The molecule has 0 aromatic heterocycles. The Kier molecular flexibility index (Phi) is 6.06. The number of carbonyl (C=O) groups is 2. The molecular weight excluding hydrogens is 448 g/mol. The van der Waals surface area contributed by atoms with Gasteiger partial charge in [0, 0.05) is 16.9 Å².